The zero-order chi connectivity index (χ0) is 8.27. The van der Waals surface area contributed by atoms with Gasteiger partial charge in [-0.2, -0.15) is 10.6 Å². The summed E-state index contributed by atoms with van der Waals surface area (Å²) in [5, 5.41) is 2.22. The lowest BCUT2D eigenvalue weighted by Gasteiger charge is -1.96. The third-order valence-corrected chi connectivity index (χ3v) is 1.39. The van der Waals surface area contributed by atoms with Crippen molar-refractivity contribution in [2.24, 2.45) is 0 Å². The van der Waals surface area contributed by atoms with Crippen molar-refractivity contribution in [3.63, 3.8) is 0 Å². The van der Waals surface area contributed by atoms with Crippen LogP contribution in [0.25, 0.3) is 0 Å². The van der Waals surface area contributed by atoms with E-state index in [0.29, 0.717) is 17.9 Å². The Hall–Kier alpha value is -1.07. The van der Waals surface area contributed by atoms with Crippen LogP contribution in [0, 0.1) is 6.92 Å². The Balaban J connectivity index is 2.75. The quantitative estimate of drug-likeness (QED) is 0.604. The molecular formula is C6H10N2O3. The molecule has 0 fully saturated rings. The monoisotopic (exact) mass is 158 g/mol. The summed E-state index contributed by atoms with van der Waals surface area (Å²) in [5.74, 6) is 0.583. The average molecular weight is 158 g/mol. The molecule has 62 valence electrons. The molecule has 0 aliphatic carbocycles. The minimum atomic E-state index is -0.216. The molecule has 11 heavy (non-hydrogen) atoms. The van der Waals surface area contributed by atoms with E-state index in [1.54, 1.807) is 6.92 Å². The Labute approximate surface area is 63.3 Å². The number of aromatic nitrogens is 1. The zero-order valence-corrected chi connectivity index (χ0v) is 6.43. The maximum Gasteiger partial charge on any atom is 0.284 e. The maximum atomic E-state index is 10.9. The first-order valence-corrected chi connectivity index (χ1v) is 3.18. The van der Waals surface area contributed by atoms with Crippen LogP contribution in [-0.2, 0) is 11.4 Å². The SMILES string of the molecule is CONCc1c(C)o[nH]c1=O. The van der Waals surface area contributed by atoms with E-state index >= 15 is 0 Å². The molecule has 0 unspecified atom stereocenters. The lowest BCUT2D eigenvalue weighted by atomic mass is 10.3. The molecule has 0 atom stereocenters. The van der Waals surface area contributed by atoms with Gasteiger partial charge >= 0.3 is 0 Å². The Morgan fingerprint density at radius 3 is 2.91 bits per heavy atom. The van der Waals surface area contributed by atoms with Gasteiger partial charge in [0.25, 0.3) is 5.56 Å². The first-order chi connectivity index (χ1) is 5.25. The van der Waals surface area contributed by atoms with Crippen LogP contribution in [0.4, 0.5) is 0 Å². The van der Waals surface area contributed by atoms with Gasteiger partial charge in [-0.15, -0.1) is 0 Å². The second-order valence-corrected chi connectivity index (χ2v) is 2.09. The van der Waals surface area contributed by atoms with Crippen LogP contribution in [0.15, 0.2) is 9.32 Å². The number of nitrogens with one attached hydrogen (secondary N) is 2. The van der Waals surface area contributed by atoms with Gasteiger partial charge in [-0.3, -0.25) is 4.79 Å². The number of aromatic amines is 1. The summed E-state index contributed by atoms with van der Waals surface area (Å²) in [7, 11) is 1.49. The molecule has 5 nitrogen and oxygen atoms in total. The summed E-state index contributed by atoms with van der Waals surface area (Å²) in [4.78, 5) is 15.5. The Morgan fingerprint density at radius 2 is 2.45 bits per heavy atom. The molecule has 1 rings (SSSR count). The molecule has 0 radical (unpaired) electrons. The molecule has 1 aromatic heterocycles. The van der Waals surface area contributed by atoms with E-state index in [-0.39, 0.29) is 5.56 Å². The Morgan fingerprint density at radius 1 is 1.73 bits per heavy atom. The van der Waals surface area contributed by atoms with Gasteiger partial charge in [-0.05, 0) is 6.92 Å². The third-order valence-electron chi connectivity index (χ3n) is 1.39. The van der Waals surface area contributed by atoms with Crippen molar-refractivity contribution >= 4 is 0 Å². The van der Waals surface area contributed by atoms with Crippen molar-refractivity contribution in [1.82, 2.24) is 10.6 Å². The number of hydrogen-bond acceptors (Lipinski definition) is 4. The first kappa shape index (κ1) is 8.03. The molecule has 0 spiro atoms. The van der Waals surface area contributed by atoms with E-state index in [1.807, 2.05) is 0 Å². The fourth-order valence-corrected chi connectivity index (χ4v) is 0.755. The van der Waals surface area contributed by atoms with Gasteiger partial charge in [-0.1, -0.05) is 0 Å². The van der Waals surface area contributed by atoms with Gasteiger partial charge < -0.3 is 9.36 Å². The summed E-state index contributed by atoms with van der Waals surface area (Å²) < 4.78 is 4.76. The van der Waals surface area contributed by atoms with E-state index in [2.05, 4.69) is 15.5 Å². The molecule has 0 saturated heterocycles. The summed E-state index contributed by atoms with van der Waals surface area (Å²) in [6.07, 6.45) is 0. The highest BCUT2D eigenvalue weighted by atomic mass is 16.6. The lowest BCUT2D eigenvalue weighted by Crippen LogP contribution is -2.17. The van der Waals surface area contributed by atoms with E-state index in [1.165, 1.54) is 7.11 Å². The van der Waals surface area contributed by atoms with Gasteiger partial charge in [0, 0.05) is 0 Å². The van der Waals surface area contributed by atoms with Crippen molar-refractivity contribution < 1.29 is 9.36 Å². The fourth-order valence-electron chi connectivity index (χ4n) is 0.755. The maximum absolute atomic E-state index is 10.9. The molecule has 0 bridgehead atoms. The zero-order valence-electron chi connectivity index (χ0n) is 6.43. The van der Waals surface area contributed by atoms with Crippen LogP contribution in [0.5, 0.6) is 0 Å². The normalized spacial score (nSPS) is 10.4. The molecule has 5 heteroatoms. The number of hydrogen-bond donors (Lipinski definition) is 2. The van der Waals surface area contributed by atoms with Gasteiger partial charge in [0.05, 0.1) is 19.2 Å². The van der Waals surface area contributed by atoms with Crippen LogP contribution in [-0.4, -0.2) is 12.3 Å². The van der Waals surface area contributed by atoms with Crippen molar-refractivity contribution in [2.75, 3.05) is 7.11 Å². The van der Waals surface area contributed by atoms with E-state index in [9.17, 15) is 4.79 Å². The van der Waals surface area contributed by atoms with Gasteiger partial charge in [0.1, 0.15) is 5.76 Å². The van der Waals surface area contributed by atoms with Crippen LogP contribution in [0.2, 0.25) is 0 Å². The summed E-state index contributed by atoms with van der Waals surface area (Å²) in [6, 6.07) is 0. The molecule has 0 saturated carbocycles. The van der Waals surface area contributed by atoms with Crippen molar-refractivity contribution in [3.8, 4) is 0 Å². The van der Waals surface area contributed by atoms with Gasteiger partial charge in [0.2, 0.25) is 0 Å². The molecule has 0 aliphatic heterocycles. The van der Waals surface area contributed by atoms with E-state index in [0.717, 1.165) is 0 Å². The molecule has 0 amide bonds. The smallest absolute Gasteiger partial charge is 0.284 e. The second kappa shape index (κ2) is 3.36. The summed E-state index contributed by atoms with van der Waals surface area (Å²) in [5.41, 5.74) is 2.90. The highest BCUT2D eigenvalue weighted by molar-refractivity contribution is 5.10. The minimum Gasteiger partial charge on any atom is -0.383 e. The Kier molecular flexibility index (Phi) is 2.45. The van der Waals surface area contributed by atoms with Gasteiger partial charge in [-0.25, -0.2) is 0 Å². The number of aryl methyl sites for hydroxylation is 1. The second-order valence-electron chi connectivity index (χ2n) is 2.09. The van der Waals surface area contributed by atoms with Crippen LogP contribution < -0.4 is 11.0 Å². The van der Waals surface area contributed by atoms with Crippen LogP contribution in [0.3, 0.4) is 0 Å². The molecule has 0 aliphatic rings. The number of H-pyrrole nitrogens is 1. The predicted molar refractivity (Wildman–Crippen MR) is 37.9 cm³/mol. The van der Waals surface area contributed by atoms with Crippen LogP contribution >= 0.6 is 0 Å². The minimum absolute atomic E-state index is 0.216. The topological polar surface area (TPSA) is 67.3 Å². The number of hydroxylamine groups is 1. The highest BCUT2D eigenvalue weighted by Crippen LogP contribution is 1.98. The van der Waals surface area contributed by atoms with Crippen molar-refractivity contribution in [3.05, 3.63) is 21.7 Å². The van der Waals surface area contributed by atoms with E-state index < -0.39 is 0 Å². The highest BCUT2D eigenvalue weighted by Gasteiger charge is 2.06. The lowest BCUT2D eigenvalue weighted by molar-refractivity contribution is 0.0862. The number of rotatable bonds is 3. The van der Waals surface area contributed by atoms with Crippen molar-refractivity contribution in [1.29, 1.82) is 0 Å². The third kappa shape index (κ3) is 1.69. The first-order valence-electron chi connectivity index (χ1n) is 3.18. The molecule has 0 aromatic carbocycles. The molecule has 1 heterocycles. The molecule has 1 aromatic rings. The molecule has 2 N–H and O–H groups in total. The van der Waals surface area contributed by atoms with Gasteiger partial charge in [0.15, 0.2) is 0 Å². The molecular weight excluding hydrogens is 148 g/mol. The van der Waals surface area contributed by atoms with Crippen molar-refractivity contribution in [2.45, 2.75) is 13.5 Å². The standard InChI is InChI=1S/C6H10N2O3/c1-4-5(3-7-10-2)6(9)8-11-4/h7H,3H2,1-2H3,(H,8,9). The largest absolute Gasteiger partial charge is 0.383 e. The van der Waals surface area contributed by atoms with Crippen LogP contribution in [0.1, 0.15) is 11.3 Å². The fraction of sp³-hybridized carbons (Fsp3) is 0.500. The summed E-state index contributed by atoms with van der Waals surface area (Å²) in [6.45, 7) is 2.07. The Bertz CT molecular complexity index is 276. The predicted octanol–water partition coefficient (Wildman–Crippen LogP) is -0.0727. The summed E-state index contributed by atoms with van der Waals surface area (Å²) >= 11 is 0. The average Bonchev–Trinajstić information content (AvgIpc) is 2.29. The van der Waals surface area contributed by atoms with E-state index in [4.69, 9.17) is 4.52 Å².